The van der Waals surface area contributed by atoms with Crippen molar-refractivity contribution in [3.8, 4) is 5.75 Å². The monoisotopic (exact) mass is 740 g/mol. The number of urea groups is 1. The van der Waals surface area contributed by atoms with Crippen LogP contribution in [0.1, 0.15) is 75.8 Å². The highest BCUT2D eigenvalue weighted by atomic mass is 35.5. The van der Waals surface area contributed by atoms with Gasteiger partial charge < -0.3 is 9.64 Å². The summed E-state index contributed by atoms with van der Waals surface area (Å²) in [5.74, 6) is 1.36. The summed E-state index contributed by atoms with van der Waals surface area (Å²) in [6.45, 7) is 18.2. The third kappa shape index (κ3) is 7.57. The van der Waals surface area contributed by atoms with Crippen molar-refractivity contribution >= 4 is 44.9 Å². The highest BCUT2D eigenvalue weighted by molar-refractivity contribution is 7.90. The molecule has 8 nitrogen and oxygen atoms in total. The van der Waals surface area contributed by atoms with E-state index in [2.05, 4.69) is 58.6 Å². The second-order valence-corrected chi connectivity index (χ2v) is 18.0. The second kappa shape index (κ2) is 14.5. The molecule has 3 aromatic carbocycles. The molecule has 0 radical (unpaired) electrons. The molecule has 1 saturated heterocycles. The summed E-state index contributed by atoms with van der Waals surface area (Å²) in [7, 11) is -3.03. The van der Waals surface area contributed by atoms with Crippen molar-refractivity contribution in [1.82, 2.24) is 14.7 Å². The summed E-state index contributed by atoms with van der Waals surface area (Å²) in [6, 6.07) is 19.4. The molecule has 50 heavy (non-hydrogen) atoms. The van der Waals surface area contributed by atoms with Crippen molar-refractivity contribution in [2.75, 3.05) is 51.3 Å². The van der Waals surface area contributed by atoms with Crippen LogP contribution in [0.5, 0.6) is 5.75 Å². The third-order valence-corrected chi connectivity index (χ3v) is 11.8. The van der Waals surface area contributed by atoms with Gasteiger partial charge in [0.05, 0.1) is 17.9 Å². The number of hydrogen-bond donors (Lipinski definition) is 0. The molecule has 0 aromatic heterocycles. The number of ether oxygens (including phenoxy) is 1. The predicted octanol–water partition coefficient (Wildman–Crippen LogP) is 8.06. The van der Waals surface area contributed by atoms with Crippen molar-refractivity contribution in [3.63, 3.8) is 0 Å². The number of sulfone groups is 1. The van der Waals surface area contributed by atoms with E-state index in [1.165, 1.54) is 6.26 Å². The van der Waals surface area contributed by atoms with Gasteiger partial charge in [-0.25, -0.2) is 13.2 Å². The van der Waals surface area contributed by atoms with E-state index in [0.717, 1.165) is 27.8 Å². The van der Waals surface area contributed by atoms with Gasteiger partial charge in [0.25, 0.3) is 0 Å². The number of aryl methyl sites for hydroxylation is 1. The summed E-state index contributed by atoms with van der Waals surface area (Å²) < 4.78 is 29.8. The van der Waals surface area contributed by atoms with Crippen LogP contribution in [0.2, 0.25) is 10.0 Å². The van der Waals surface area contributed by atoms with Crippen LogP contribution in [0.3, 0.4) is 0 Å². The van der Waals surface area contributed by atoms with Gasteiger partial charge in [-0.05, 0) is 105 Å². The highest BCUT2D eigenvalue weighted by Crippen LogP contribution is 2.54. The molecule has 0 saturated carbocycles. The molecule has 270 valence electrons. The highest BCUT2D eigenvalue weighted by Gasteiger charge is 2.60. The molecule has 0 spiro atoms. The summed E-state index contributed by atoms with van der Waals surface area (Å²) >= 11 is 12.8. The summed E-state index contributed by atoms with van der Waals surface area (Å²) in [6.07, 6.45) is 1.83. The molecule has 2 amide bonds. The van der Waals surface area contributed by atoms with Crippen molar-refractivity contribution in [1.29, 1.82) is 0 Å². The Kier molecular flexibility index (Phi) is 11.0. The Morgan fingerprint density at radius 1 is 0.920 bits per heavy atom. The summed E-state index contributed by atoms with van der Waals surface area (Å²) in [4.78, 5) is 26.8. The van der Waals surface area contributed by atoms with Gasteiger partial charge in [0.2, 0.25) is 0 Å². The largest absolute Gasteiger partial charge is 0.493 e. The number of amidine groups is 1. The van der Waals surface area contributed by atoms with Crippen LogP contribution in [0.4, 0.5) is 4.79 Å². The zero-order valence-corrected chi connectivity index (χ0v) is 32.8. The van der Waals surface area contributed by atoms with Crippen molar-refractivity contribution in [2.24, 2.45) is 4.99 Å². The molecule has 1 fully saturated rings. The Morgan fingerprint density at radius 2 is 1.48 bits per heavy atom. The number of carbonyl (C=O) groups excluding carboxylic acids is 1. The molecular weight excluding hydrogens is 691 g/mol. The minimum Gasteiger partial charge on any atom is -0.493 e. The lowest BCUT2D eigenvalue weighted by molar-refractivity contribution is 0.0868. The van der Waals surface area contributed by atoms with E-state index in [4.69, 9.17) is 32.9 Å². The fraction of sp³-hybridized carbons (Fsp3) is 0.487. The van der Waals surface area contributed by atoms with Crippen molar-refractivity contribution < 1.29 is 17.9 Å². The van der Waals surface area contributed by atoms with E-state index in [1.54, 1.807) is 0 Å². The Hall–Kier alpha value is -3.11. The van der Waals surface area contributed by atoms with Gasteiger partial charge in [-0.3, -0.25) is 14.8 Å². The maximum atomic E-state index is 15.2. The minimum absolute atomic E-state index is 0.127. The van der Waals surface area contributed by atoms with Crippen molar-refractivity contribution in [3.05, 3.63) is 98.5 Å². The Bertz CT molecular complexity index is 1850. The van der Waals surface area contributed by atoms with E-state index in [9.17, 15) is 8.42 Å². The third-order valence-electron chi connectivity index (χ3n) is 10.2. The van der Waals surface area contributed by atoms with Crippen LogP contribution in [-0.4, -0.2) is 86.3 Å². The Balaban J connectivity index is 1.68. The molecular formula is C39H50Cl2N4O4S. The number of benzene rings is 3. The average Bonchev–Trinajstić information content (AvgIpc) is 3.29. The van der Waals surface area contributed by atoms with Gasteiger partial charge in [-0.15, -0.1) is 0 Å². The number of rotatable bonds is 9. The topological polar surface area (TPSA) is 82.5 Å². The van der Waals surface area contributed by atoms with Gasteiger partial charge in [0, 0.05) is 42.5 Å². The normalized spacial score (nSPS) is 21.8. The zero-order chi connectivity index (χ0) is 36.6. The van der Waals surface area contributed by atoms with Gasteiger partial charge >= 0.3 is 6.03 Å². The van der Waals surface area contributed by atoms with E-state index in [0.29, 0.717) is 67.4 Å². The van der Waals surface area contributed by atoms with E-state index in [1.807, 2.05) is 65.3 Å². The molecule has 2 atom stereocenters. The summed E-state index contributed by atoms with van der Waals surface area (Å²) in [5, 5.41) is 1.21. The number of hydrogen-bond acceptors (Lipinski definition) is 6. The smallest absolute Gasteiger partial charge is 0.326 e. The van der Waals surface area contributed by atoms with Crippen molar-refractivity contribution in [2.45, 2.75) is 71.4 Å². The molecule has 11 heteroatoms. The lowest BCUT2D eigenvalue weighted by Gasteiger charge is -2.47. The van der Waals surface area contributed by atoms with Crippen LogP contribution < -0.4 is 4.74 Å². The molecule has 0 N–H and O–H groups in total. The fourth-order valence-electron chi connectivity index (χ4n) is 7.37. The lowest BCUT2D eigenvalue weighted by atomic mass is 9.71. The first-order valence-corrected chi connectivity index (χ1v) is 20.1. The molecule has 2 aliphatic heterocycles. The van der Waals surface area contributed by atoms with Crippen LogP contribution in [0.15, 0.2) is 65.7 Å². The lowest BCUT2D eigenvalue weighted by Crippen LogP contribution is -2.60. The second-order valence-electron chi connectivity index (χ2n) is 14.9. The molecule has 2 heterocycles. The molecule has 5 rings (SSSR count). The maximum absolute atomic E-state index is 15.2. The van der Waals surface area contributed by atoms with Crippen LogP contribution in [-0.2, 0) is 26.3 Å². The number of carbonyl (C=O) groups is 1. The van der Waals surface area contributed by atoms with E-state index < -0.39 is 20.9 Å². The Labute approximate surface area is 308 Å². The number of piperazine rings is 1. The number of aliphatic imine (C=N–C) groups is 1. The van der Waals surface area contributed by atoms with Gasteiger partial charge in [0.15, 0.2) is 0 Å². The number of halogens is 2. The quantitative estimate of drug-likeness (QED) is 0.222. The molecule has 0 bridgehead atoms. The van der Waals surface area contributed by atoms with Gasteiger partial charge in [-0.2, -0.15) is 0 Å². The molecule has 0 aliphatic carbocycles. The molecule has 0 unspecified atom stereocenters. The fourth-order valence-corrected chi connectivity index (χ4v) is 8.27. The first-order chi connectivity index (χ1) is 23.4. The Morgan fingerprint density at radius 3 is 2.00 bits per heavy atom. The molecule has 2 aliphatic rings. The first kappa shape index (κ1) is 38.1. The molecule has 3 aromatic rings. The average molecular weight is 742 g/mol. The SMILES string of the molecule is CCOc1cc(C(C)(C)C)c(C)cc1C1=N[C@@](C)(c2ccc(Cl)cc2)[C@@](C)(c2ccc(Cl)cc2)N1C(=O)N1CCN(CCCS(C)(=O)=O)CC1. The summed E-state index contributed by atoms with van der Waals surface area (Å²) in [5.41, 5.74) is 2.70. The number of nitrogens with zero attached hydrogens (tertiary/aromatic N) is 4. The first-order valence-electron chi connectivity index (χ1n) is 17.3. The minimum atomic E-state index is -3.03. The van der Waals surface area contributed by atoms with E-state index >= 15 is 4.79 Å². The number of amides is 2. The predicted molar refractivity (Wildman–Crippen MR) is 205 cm³/mol. The van der Waals surface area contributed by atoms with Gasteiger partial charge in [0.1, 0.15) is 32.5 Å². The maximum Gasteiger partial charge on any atom is 0.326 e. The zero-order valence-electron chi connectivity index (χ0n) is 30.5. The van der Waals surface area contributed by atoms with Gasteiger partial charge in [-0.1, -0.05) is 68.2 Å². The van der Waals surface area contributed by atoms with Crippen LogP contribution >= 0.6 is 23.2 Å². The van der Waals surface area contributed by atoms with E-state index in [-0.39, 0.29) is 17.2 Å². The standard InChI is InChI=1S/C39H50Cl2N4O4S/c1-9-49-34-26-33(37(3,4)5)27(2)25-32(34)35-42-38(6,28-11-15-30(40)16-12-28)39(7,29-13-17-31(41)18-14-29)45(35)36(46)44-22-20-43(21-23-44)19-10-24-50(8,47)48/h11-18,25-26H,9-10,19-24H2,1-8H3/t38-,39+/m0/s1. The van der Waals surface area contributed by atoms with Crippen LogP contribution in [0.25, 0.3) is 0 Å². The van der Waals surface area contributed by atoms with Crippen LogP contribution in [0, 0.1) is 6.92 Å².